The summed E-state index contributed by atoms with van der Waals surface area (Å²) in [4.78, 5) is 0. The SMILES string of the molecule is CCCc1cc(-c2ccc(C(=N)N)cc2)ccc1OCCOc1cccc(OS(=O)(=O)O)c1. The third-order valence-corrected chi connectivity index (χ3v) is 5.13. The molecule has 0 saturated heterocycles. The number of rotatable bonds is 11. The maximum Gasteiger partial charge on any atom is 0.446 e. The quantitative estimate of drug-likeness (QED) is 0.165. The molecule has 8 nitrogen and oxygen atoms in total. The number of hydrogen-bond donors (Lipinski definition) is 3. The number of aryl methyl sites for hydroxylation is 1. The van der Waals surface area contributed by atoms with Crippen LogP contribution < -0.4 is 19.4 Å². The Morgan fingerprint density at radius 1 is 0.939 bits per heavy atom. The fraction of sp³-hybridized carbons (Fsp3) is 0.208. The van der Waals surface area contributed by atoms with Crippen LogP contribution in [0, 0.1) is 5.41 Å². The van der Waals surface area contributed by atoms with Crippen LogP contribution in [0.1, 0.15) is 24.5 Å². The van der Waals surface area contributed by atoms with Gasteiger partial charge in [0.05, 0.1) is 0 Å². The number of benzene rings is 3. The number of hydrogen-bond acceptors (Lipinski definition) is 6. The summed E-state index contributed by atoms with van der Waals surface area (Å²) in [6.07, 6.45) is 1.81. The molecule has 0 bridgehead atoms. The first-order valence-corrected chi connectivity index (χ1v) is 11.7. The molecule has 0 radical (unpaired) electrons. The highest BCUT2D eigenvalue weighted by Crippen LogP contribution is 2.28. The molecule has 0 unspecified atom stereocenters. The first-order chi connectivity index (χ1) is 15.7. The zero-order valence-corrected chi connectivity index (χ0v) is 19.0. The summed E-state index contributed by atoms with van der Waals surface area (Å²) in [6.45, 7) is 2.62. The van der Waals surface area contributed by atoms with E-state index in [4.69, 9.17) is 25.2 Å². The van der Waals surface area contributed by atoms with Crippen molar-refractivity contribution in [1.29, 1.82) is 5.41 Å². The van der Waals surface area contributed by atoms with Gasteiger partial charge in [0.1, 0.15) is 36.3 Å². The van der Waals surface area contributed by atoms with E-state index in [1.54, 1.807) is 12.1 Å². The second-order valence-electron chi connectivity index (χ2n) is 7.25. The normalized spacial score (nSPS) is 11.1. The third-order valence-electron chi connectivity index (χ3n) is 4.73. The Labute approximate surface area is 193 Å². The lowest BCUT2D eigenvalue weighted by atomic mass is 9.99. The summed E-state index contributed by atoms with van der Waals surface area (Å²) >= 11 is 0. The molecular formula is C24H26N2O6S. The van der Waals surface area contributed by atoms with Crippen molar-refractivity contribution in [3.05, 3.63) is 77.9 Å². The Morgan fingerprint density at radius 3 is 2.27 bits per heavy atom. The predicted molar refractivity (Wildman–Crippen MR) is 126 cm³/mol. The minimum Gasteiger partial charge on any atom is -0.490 e. The van der Waals surface area contributed by atoms with Gasteiger partial charge in [-0.15, -0.1) is 0 Å². The smallest absolute Gasteiger partial charge is 0.446 e. The highest BCUT2D eigenvalue weighted by Gasteiger charge is 2.09. The van der Waals surface area contributed by atoms with Crippen LogP contribution in [0.5, 0.6) is 17.2 Å². The van der Waals surface area contributed by atoms with Gasteiger partial charge in [0.25, 0.3) is 0 Å². The van der Waals surface area contributed by atoms with Gasteiger partial charge in [0.2, 0.25) is 0 Å². The van der Waals surface area contributed by atoms with Crippen LogP contribution in [0.25, 0.3) is 11.1 Å². The van der Waals surface area contributed by atoms with Crippen LogP contribution in [0.3, 0.4) is 0 Å². The molecule has 0 aliphatic heterocycles. The van der Waals surface area contributed by atoms with Gasteiger partial charge in [0.15, 0.2) is 0 Å². The van der Waals surface area contributed by atoms with E-state index in [1.807, 2.05) is 36.4 Å². The summed E-state index contributed by atoms with van der Waals surface area (Å²) in [7, 11) is -4.59. The summed E-state index contributed by atoms with van der Waals surface area (Å²) in [5.41, 5.74) is 9.37. The van der Waals surface area contributed by atoms with Crippen molar-refractivity contribution in [3.63, 3.8) is 0 Å². The highest BCUT2D eigenvalue weighted by atomic mass is 32.3. The minimum absolute atomic E-state index is 0.0388. The summed E-state index contributed by atoms with van der Waals surface area (Å²) in [6, 6.07) is 19.5. The molecular weight excluding hydrogens is 444 g/mol. The lowest BCUT2D eigenvalue weighted by molar-refractivity contribution is 0.215. The Kier molecular flexibility index (Phi) is 7.92. The largest absolute Gasteiger partial charge is 0.490 e. The van der Waals surface area contributed by atoms with Crippen molar-refractivity contribution in [3.8, 4) is 28.4 Å². The summed E-state index contributed by atoms with van der Waals surface area (Å²) < 4.78 is 46.4. The fourth-order valence-electron chi connectivity index (χ4n) is 3.26. The minimum atomic E-state index is -4.59. The Morgan fingerprint density at radius 2 is 1.61 bits per heavy atom. The molecule has 3 aromatic carbocycles. The number of ether oxygens (including phenoxy) is 2. The highest BCUT2D eigenvalue weighted by molar-refractivity contribution is 7.81. The Hall–Kier alpha value is -3.56. The molecule has 0 atom stereocenters. The van der Waals surface area contributed by atoms with Gasteiger partial charge >= 0.3 is 10.4 Å². The van der Waals surface area contributed by atoms with E-state index in [-0.39, 0.29) is 24.8 Å². The first-order valence-electron chi connectivity index (χ1n) is 10.4. The molecule has 0 aliphatic rings. The number of amidine groups is 1. The van der Waals surface area contributed by atoms with Gasteiger partial charge in [-0.3, -0.25) is 9.96 Å². The molecule has 174 valence electrons. The molecule has 33 heavy (non-hydrogen) atoms. The topological polar surface area (TPSA) is 132 Å². The summed E-state index contributed by atoms with van der Waals surface area (Å²) in [5, 5.41) is 7.52. The van der Waals surface area contributed by atoms with E-state index in [0.29, 0.717) is 11.3 Å². The molecule has 9 heteroatoms. The second kappa shape index (κ2) is 10.8. The average Bonchev–Trinajstić information content (AvgIpc) is 2.77. The van der Waals surface area contributed by atoms with Gasteiger partial charge < -0.3 is 19.4 Å². The van der Waals surface area contributed by atoms with Crippen LogP contribution >= 0.6 is 0 Å². The van der Waals surface area contributed by atoms with E-state index in [2.05, 4.69) is 17.2 Å². The van der Waals surface area contributed by atoms with E-state index in [0.717, 1.165) is 35.3 Å². The first kappa shape index (κ1) is 24.1. The molecule has 3 rings (SSSR count). The van der Waals surface area contributed by atoms with E-state index in [9.17, 15) is 8.42 Å². The van der Waals surface area contributed by atoms with E-state index in [1.165, 1.54) is 12.1 Å². The molecule has 0 saturated carbocycles. The molecule has 0 heterocycles. The molecule has 0 fully saturated rings. The van der Waals surface area contributed by atoms with Crippen LogP contribution in [0.2, 0.25) is 0 Å². The zero-order chi connectivity index (χ0) is 23.8. The van der Waals surface area contributed by atoms with Crippen molar-refractivity contribution in [1.82, 2.24) is 0 Å². The van der Waals surface area contributed by atoms with Crippen LogP contribution in [-0.2, 0) is 16.8 Å². The number of nitrogen functional groups attached to an aromatic ring is 1. The zero-order valence-electron chi connectivity index (χ0n) is 18.2. The predicted octanol–water partition coefficient (Wildman–Crippen LogP) is 4.23. The average molecular weight is 471 g/mol. The lowest BCUT2D eigenvalue weighted by Gasteiger charge is -2.14. The third kappa shape index (κ3) is 7.23. The van der Waals surface area contributed by atoms with Crippen molar-refractivity contribution < 1.29 is 26.6 Å². The molecule has 0 aromatic heterocycles. The van der Waals surface area contributed by atoms with Gasteiger partial charge in [-0.2, -0.15) is 8.42 Å². The van der Waals surface area contributed by atoms with Crippen molar-refractivity contribution in [2.24, 2.45) is 5.73 Å². The van der Waals surface area contributed by atoms with Gasteiger partial charge in [-0.25, -0.2) is 0 Å². The van der Waals surface area contributed by atoms with E-state index < -0.39 is 10.4 Å². The number of nitrogens with one attached hydrogen (secondary N) is 1. The monoisotopic (exact) mass is 470 g/mol. The Balaban J connectivity index is 1.63. The van der Waals surface area contributed by atoms with Crippen molar-refractivity contribution in [2.45, 2.75) is 19.8 Å². The molecule has 0 spiro atoms. The van der Waals surface area contributed by atoms with Crippen molar-refractivity contribution >= 4 is 16.2 Å². The van der Waals surface area contributed by atoms with E-state index >= 15 is 0 Å². The van der Waals surface area contributed by atoms with Crippen LogP contribution in [0.4, 0.5) is 0 Å². The fourth-order valence-corrected chi connectivity index (χ4v) is 3.60. The molecule has 3 aromatic rings. The second-order valence-corrected chi connectivity index (χ2v) is 8.27. The van der Waals surface area contributed by atoms with Crippen LogP contribution in [-0.4, -0.2) is 32.0 Å². The summed E-state index contributed by atoms with van der Waals surface area (Å²) in [5.74, 6) is 1.15. The van der Waals surface area contributed by atoms with Gasteiger partial charge in [-0.05, 0) is 47.4 Å². The Bertz CT molecular complexity index is 1210. The maximum absolute atomic E-state index is 10.8. The van der Waals surface area contributed by atoms with Gasteiger partial charge in [0, 0.05) is 11.6 Å². The molecule has 0 amide bonds. The molecule has 4 N–H and O–H groups in total. The molecule has 0 aliphatic carbocycles. The maximum atomic E-state index is 10.8. The number of nitrogens with two attached hydrogens (primary N) is 1. The van der Waals surface area contributed by atoms with Gasteiger partial charge in [-0.1, -0.05) is 49.7 Å². The van der Waals surface area contributed by atoms with Crippen molar-refractivity contribution in [2.75, 3.05) is 13.2 Å². The van der Waals surface area contributed by atoms with Crippen LogP contribution in [0.15, 0.2) is 66.7 Å². The standard InChI is InChI=1S/C24H26N2O6S/c1-2-4-20-15-19(17-7-9-18(10-8-17)24(25)26)11-12-23(20)31-14-13-30-21-5-3-6-22(16-21)32-33(27,28)29/h3,5-12,15-16H,2,4,13-14H2,1H3,(H3,25,26)(H,27,28,29). The lowest BCUT2D eigenvalue weighted by Crippen LogP contribution is -2.11.